The number of piperazine rings is 1. The number of nitrogens with zero attached hydrogens (tertiary/aromatic N) is 3. The number of halogens is 1. The summed E-state index contributed by atoms with van der Waals surface area (Å²) in [5.74, 6) is -0.167. The minimum atomic E-state index is -3.27. The molecule has 1 aliphatic heterocycles. The van der Waals surface area contributed by atoms with Gasteiger partial charge in [0.1, 0.15) is 5.82 Å². The fourth-order valence-corrected chi connectivity index (χ4v) is 4.32. The Labute approximate surface area is 179 Å². The molecule has 0 aliphatic carbocycles. The van der Waals surface area contributed by atoms with E-state index in [-0.39, 0.29) is 17.6 Å². The average molecular weight is 435 g/mol. The fraction of sp³-hybridized carbons (Fsp3) is 0.455. The van der Waals surface area contributed by atoms with Gasteiger partial charge in [0.2, 0.25) is 10.0 Å². The smallest absolute Gasteiger partial charge is 0.211 e. The Bertz CT molecular complexity index is 909. The number of rotatable bonds is 8. The molecule has 0 radical (unpaired) electrons. The maximum Gasteiger partial charge on any atom is 0.211 e. The first-order valence-corrected chi connectivity index (χ1v) is 11.9. The topological polar surface area (TPSA) is 55.9 Å². The van der Waals surface area contributed by atoms with Crippen LogP contribution in [0, 0.1) is 5.82 Å². The highest BCUT2D eigenvalue weighted by molar-refractivity contribution is 7.89. The van der Waals surface area contributed by atoms with E-state index in [0.717, 1.165) is 43.1 Å². The van der Waals surface area contributed by atoms with E-state index in [2.05, 4.69) is 38.8 Å². The van der Waals surface area contributed by atoms with Crippen molar-refractivity contribution in [2.24, 2.45) is 0 Å². The van der Waals surface area contributed by atoms with Crippen LogP contribution < -0.4 is 14.5 Å². The number of anilines is 2. The van der Waals surface area contributed by atoms with Crippen molar-refractivity contribution in [3.05, 3.63) is 59.9 Å². The molecular formula is C22H31FN4O2S. The third-order valence-electron chi connectivity index (χ3n) is 5.62. The Morgan fingerprint density at radius 2 is 1.60 bits per heavy atom. The molecule has 0 amide bonds. The van der Waals surface area contributed by atoms with Crippen molar-refractivity contribution in [2.45, 2.75) is 13.0 Å². The summed E-state index contributed by atoms with van der Waals surface area (Å²) in [6.45, 7) is 5.19. The van der Waals surface area contributed by atoms with Crippen LogP contribution in [0.15, 0.2) is 48.5 Å². The second kappa shape index (κ2) is 9.76. The molecule has 1 heterocycles. The first-order chi connectivity index (χ1) is 14.3. The Morgan fingerprint density at radius 1 is 1.00 bits per heavy atom. The molecular weight excluding hydrogens is 403 g/mol. The van der Waals surface area contributed by atoms with E-state index in [1.807, 2.05) is 19.0 Å². The SMILES string of the molecule is CCS(=O)(=O)NC[C@@H](c1ccc(N(C)C)cc1)N1CCN(c2ccc(F)cc2)CC1. The lowest BCUT2D eigenvalue weighted by molar-refractivity contribution is 0.187. The van der Waals surface area contributed by atoms with Crippen LogP contribution in [-0.2, 0) is 10.0 Å². The molecule has 1 aliphatic rings. The highest BCUT2D eigenvalue weighted by Gasteiger charge is 2.26. The number of hydrogen-bond donors (Lipinski definition) is 1. The monoisotopic (exact) mass is 434 g/mol. The predicted molar refractivity (Wildman–Crippen MR) is 121 cm³/mol. The lowest BCUT2D eigenvalue weighted by atomic mass is 10.0. The minimum Gasteiger partial charge on any atom is -0.378 e. The van der Waals surface area contributed by atoms with Crippen LogP contribution in [0.2, 0.25) is 0 Å². The highest BCUT2D eigenvalue weighted by atomic mass is 32.2. The summed E-state index contributed by atoms with van der Waals surface area (Å²) in [4.78, 5) is 6.60. The molecule has 1 fully saturated rings. The van der Waals surface area contributed by atoms with Gasteiger partial charge in [-0.15, -0.1) is 0 Å². The third kappa shape index (κ3) is 5.71. The average Bonchev–Trinajstić information content (AvgIpc) is 2.75. The van der Waals surface area contributed by atoms with Gasteiger partial charge in [0.05, 0.1) is 5.75 Å². The fourth-order valence-electron chi connectivity index (χ4n) is 3.70. The Hall–Kier alpha value is -2.16. The van der Waals surface area contributed by atoms with Crippen LogP contribution in [0.25, 0.3) is 0 Å². The molecule has 0 bridgehead atoms. The molecule has 30 heavy (non-hydrogen) atoms. The third-order valence-corrected chi connectivity index (χ3v) is 6.98. The van der Waals surface area contributed by atoms with Gasteiger partial charge in [-0.1, -0.05) is 12.1 Å². The summed E-state index contributed by atoms with van der Waals surface area (Å²) in [6.07, 6.45) is 0. The first-order valence-electron chi connectivity index (χ1n) is 10.3. The number of sulfonamides is 1. The van der Waals surface area contributed by atoms with E-state index in [1.165, 1.54) is 12.1 Å². The quantitative estimate of drug-likeness (QED) is 0.692. The molecule has 1 atom stereocenters. The zero-order chi connectivity index (χ0) is 21.7. The molecule has 0 aromatic heterocycles. The lowest BCUT2D eigenvalue weighted by Gasteiger charge is -2.40. The maximum absolute atomic E-state index is 13.2. The van der Waals surface area contributed by atoms with Crippen LogP contribution in [0.1, 0.15) is 18.5 Å². The molecule has 8 heteroatoms. The summed E-state index contributed by atoms with van der Waals surface area (Å²) < 4.78 is 40.1. The molecule has 2 aromatic rings. The van der Waals surface area contributed by atoms with Crippen LogP contribution in [0.3, 0.4) is 0 Å². The van der Waals surface area contributed by atoms with Gasteiger partial charge in [0.15, 0.2) is 0 Å². The van der Waals surface area contributed by atoms with Gasteiger partial charge in [0, 0.05) is 64.2 Å². The highest BCUT2D eigenvalue weighted by Crippen LogP contribution is 2.26. The van der Waals surface area contributed by atoms with E-state index < -0.39 is 10.0 Å². The second-order valence-corrected chi connectivity index (χ2v) is 9.85. The summed E-state index contributed by atoms with van der Waals surface area (Å²) in [5, 5.41) is 0. The van der Waals surface area contributed by atoms with Gasteiger partial charge in [0.25, 0.3) is 0 Å². The van der Waals surface area contributed by atoms with E-state index >= 15 is 0 Å². The first kappa shape index (κ1) is 22.5. The molecule has 1 N–H and O–H groups in total. The molecule has 2 aromatic carbocycles. The molecule has 0 unspecified atom stereocenters. The molecule has 0 spiro atoms. The molecule has 0 saturated carbocycles. The van der Waals surface area contributed by atoms with Crippen molar-refractivity contribution in [3.63, 3.8) is 0 Å². The normalized spacial score (nSPS) is 16.5. The van der Waals surface area contributed by atoms with Crippen molar-refractivity contribution < 1.29 is 12.8 Å². The lowest BCUT2D eigenvalue weighted by Crippen LogP contribution is -2.50. The molecule has 6 nitrogen and oxygen atoms in total. The zero-order valence-corrected chi connectivity index (χ0v) is 18.7. The van der Waals surface area contributed by atoms with E-state index in [9.17, 15) is 12.8 Å². The van der Waals surface area contributed by atoms with Crippen LogP contribution in [0.4, 0.5) is 15.8 Å². The molecule has 164 valence electrons. The van der Waals surface area contributed by atoms with Gasteiger partial charge >= 0.3 is 0 Å². The molecule has 3 rings (SSSR count). The van der Waals surface area contributed by atoms with Crippen molar-refractivity contribution in [2.75, 3.05) is 62.4 Å². The zero-order valence-electron chi connectivity index (χ0n) is 17.9. The van der Waals surface area contributed by atoms with Gasteiger partial charge in [-0.05, 0) is 48.9 Å². The standard InChI is InChI=1S/C22H31FN4O2S/c1-4-30(28,29)24-17-22(18-5-9-20(10-6-18)25(2)3)27-15-13-26(14-16-27)21-11-7-19(23)8-12-21/h5-12,22,24H,4,13-17H2,1-3H3/t22-/m0/s1. The molecule has 1 saturated heterocycles. The summed E-state index contributed by atoms with van der Waals surface area (Å²) in [5.41, 5.74) is 3.21. The maximum atomic E-state index is 13.2. The van der Waals surface area contributed by atoms with Crippen molar-refractivity contribution in [3.8, 4) is 0 Å². The van der Waals surface area contributed by atoms with Crippen molar-refractivity contribution in [1.82, 2.24) is 9.62 Å². The van der Waals surface area contributed by atoms with Crippen LogP contribution in [-0.4, -0.2) is 65.9 Å². The van der Waals surface area contributed by atoms with E-state index in [1.54, 1.807) is 19.1 Å². The van der Waals surface area contributed by atoms with Crippen LogP contribution >= 0.6 is 0 Å². The van der Waals surface area contributed by atoms with Crippen molar-refractivity contribution >= 4 is 21.4 Å². The van der Waals surface area contributed by atoms with Crippen molar-refractivity contribution in [1.29, 1.82) is 0 Å². The van der Waals surface area contributed by atoms with E-state index in [4.69, 9.17) is 0 Å². The summed E-state index contributed by atoms with van der Waals surface area (Å²) in [6, 6.07) is 14.8. The van der Waals surface area contributed by atoms with Crippen LogP contribution in [0.5, 0.6) is 0 Å². The second-order valence-electron chi connectivity index (χ2n) is 7.75. The Morgan fingerprint density at radius 3 is 2.13 bits per heavy atom. The van der Waals surface area contributed by atoms with Gasteiger partial charge in [-0.2, -0.15) is 0 Å². The summed E-state index contributed by atoms with van der Waals surface area (Å²) in [7, 11) is 0.722. The number of nitrogens with one attached hydrogen (secondary N) is 1. The van der Waals surface area contributed by atoms with E-state index in [0.29, 0.717) is 6.54 Å². The minimum absolute atomic E-state index is 0.0436. The van der Waals surface area contributed by atoms with Gasteiger partial charge in [-0.25, -0.2) is 17.5 Å². The predicted octanol–water partition coefficient (Wildman–Crippen LogP) is 2.69. The largest absolute Gasteiger partial charge is 0.378 e. The van der Waals surface area contributed by atoms with Gasteiger partial charge in [-0.3, -0.25) is 4.90 Å². The number of hydrogen-bond acceptors (Lipinski definition) is 5. The number of benzene rings is 2. The Kier molecular flexibility index (Phi) is 7.33. The van der Waals surface area contributed by atoms with Gasteiger partial charge < -0.3 is 9.80 Å². The summed E-state index contributed by atoms with van der Waals surface area (Å²) >= 11 is 0. The Balaban J connectivity index is 1.74.